The average molecular weight is 425 g/mol. The van der Waals surface area contributed by atoms with Gasteiger partial charge in [-0.15, -0.1) is 0 Å². The highest BCUT2D eigenvalue weighted by molar-refractivity contribution is 7.93. The highest BCUT2D eigenvalue weighted by Gasteiger charge is 2.53. The topological polar surface area (TPSA) is 66.5 Å². The van der Waals surface area contributed by atoms with Gasteiger partial charge in [-0.2, -0.15) is 0 Å². The minimum absolute atomic E-state index is 0.0851. The molecule has 2 aromatic rings. The van der Waals surface area contributed by atoms with Gasteiger partial charge in [-0.05, 0) is 86.1 Å². The molecule has 4 aliphatic carbocycles. The number of nitrogens with one attached hydrogen (secondary N) is 1. The Hall–Kier alpha value is -2.08. The maximum absolute atomic E-state index is 13.2. The van der Waals surface area contributed by atoms with Crippen LogP contribution in [0, 0.1) is 23.2 Å². The molecule has 0 unspecified atom stereocenters. The van der Waals surface area contributed by atoms with Crippen LogP contribution in [0.5, 0.6) is 0 Å². The predicted molar refractivity (Wildman–Crippen MR) is 117 cm³/mol. The minimum atomic E-state index is -3.70. The summed E-state index contributed by atoms with van der Waals surface area (Å²) in [4.78, 5) is 13.3. The Labute approximate surface area is 177 Å². The van der Waals surface area contributed by atoms with Gasteiger partial charge in [0.05, 0.1) is 10.6 Å². The summed E-state index contributed by atoms with van der Waals surface area (Å²) in [6.45, 7) is 1.98. The third-order valence-electron chi connectivity index (χ3n) is 8.35. The van der Waals surface area contributed by atoms with E-state index in [1.807, 2.05) is 18.2 Å². The van der Waals surface area contributed by atoms with E-state index in [0.717, 1.165) is 28.5 Å². The lowest BCUT2D eigenvalue weighted by molar-refractivity contribution is -0.124. The first-order chi connectivity index (χ1) is 14.4. The van der Waals surface area contributed by atoms with Gasteiger partial charge >= 0.3 is 0 Å². The number of sulfonamides is 1. The maximum atomic E-state index is 13.2. The van der Waals surface area contributed by atoms with E-state index >= 15 is 0 Å². The van der Waals surface area contributed by atoms with Gasteiger partial charge in [-0.3, -0.25) is 9.10 Å². The summed E-state index contributed by atoms with van der Waals surface area (Å²) in [5, 5.41) is 4.83. The molecule has 4 saturated carbocycles. The van der Waals surface area contributed by atoms with Crippen molar-refractivity contribution in [3.05, 3.63) is 36.4 Å². The van der Waals surface area contributed by atoms with Crippen LogP contribution in [0.3, 0.4) is 0 Å². The SMILES string of the molecule is C[C@@H](NC(=O)CN1c2cccc3cccc(c23)S1(=O)=O)C12CC3CC(CC(C3)C1)C2. The Morgan fingerprint density at radius 1 is 1.07 bits per heavy atom. The largest absolute Gasteiger partial charge is 0.352 e. The Kier molecular flexibility index (Phi) is 3.87. The summed E-state index contributed by atoms with van der Waals surface area (Å²) >= 11 is 0. The molecule has 6 heteroatoms. The zero-order valence-electron chi connectivity index (χ0n) is 17.3. The molecule has 5 aliphatic rings. The minimum Gasteiger partial charge on any atom is -0.352 e. The number of hydrogen-bond acceptors (Lipinski definition) is 3. The number of hydrogen-bond donors (Lipinski definition) is 1. The van der Waals surface area contributed by atoms with Crippen molar-refractivity contribution in [2.75, 3.05) is 10.8 Å². The van der Waals surface area contributed by atoms with Crippen LogP contribution in [-0.2, 0) is 14.8 Å². The molecule has 30 heavy (non-hydrogen) atoms. The van der Waals surface area contributed by atoms with E-state index in [1.165, 1.54) is 42.8 Å². The fraction of sp³-hybridized carbons (Fsp3) is 0.542. The molecular formula is C24H28N2O3S. The van der Waals surface area contributed by atoms with E-state index < -0.39 is 10.0 Å². The van der Waals surface area contributed by atoms with Crippen LogP contribution in [0.4, 0.5) is 5.69 Å². The van der Waals surface area contributed by atoms with Crippen molar-refractivity contribution in [1.82, 2.24) is 5.32 Å². The van der Waals surface area contributed by atoms with Crippen LogP contribution in [0.2, 0.25) is 0 Å². The first kappa shape index (κ1) is 18.7. The molecule has 7 rings (SSSR count). The zero-order chi connectivity index (χ0) is 20.7. The van der Waals surface area contributed by atoms with Crippen molar-refractivity contribution in [3.63, 3.8) is 0 Å². The van der Waals surface area contributed by atoms with Crippen molar-refractivity contribution in [2.24, 2.45) is 23.2 Å². The zero-order valence-corrected chi connectivity index (χ0v) is 18.1. The fourth-order valence-electron chi connectivity index (χ4n) is 7.41. The first-order valence-corrected chi connectivity index (χ1v) is 12.6. The molecule has 0 spiro atoms. The molecule has 1 atom stereocenters. The summed E-state index contributed by atoms with van der Waals surface area (Å²) in [7, 11) is -3.70. The molecule has 1 N–H and O–H groups in total. The number of rotatable bonds is 4. The van der Waals surface area contributed by atoms with E-state index in [-0.39, 0.29) is 23.9 Å². The van der Waals surface area contributed by atoms with Crippen LogP contribution < -0.4 is 9.62 Å². The van der Waals surface area contributed by atoms with E-state index in [4.69, 9.17) is 0 Å². The van der Waals surface area contributed by atoms with Gasteiger partial charge in [0.15, 0.2) is 0 Å². The monoisotopic (exact) mass is 424 g/mol. The van der Waals surface area contributed by atoms with E-state index in [1.54, 1.807) is 18.2 Å². The quantitative estimate of drug-likeness (QED) is 0.805. The van der Waals surface area contributed by atoms with Gasteiger partial charge in [-0.1, -0.05) is 24.3 Å². The van der Waals surface area contributed by atoms with Gasteiger partial charge < -0.3 is 5.32 Å². The van der Waals surface area contributed by atoms with Crippen LogP contribution in [-0.4, -0.2) is 26.9 Å². The first-order valence-electron chi connectivity index (χ1n) is 11.2. The Morgan fingerprint density at radius 2 is 1.67 bits per heavy atom. The van der Waals surface area contributed by atoms with E-state index in [2.05, 4.69) is 12.2 Å². The van der Waals surface area contributed by atoms with Crippen molar-refractivity contribution in [1.29, 1.82) is 0 Å². The average Bonchev–Trinajstić information content (AvgIpc) is 2.90. The normalized spacial score (nSPS) is 33.8. The van der Waals surface area contributed by atoms with Crippen LogP contribution >= 0.6 is 0 Å². The van der Waals surface area contributed by atoms with Crippen LogP contribution in [0.25, 0.3) is 10.8 Å². The highest BCUT2D eigenvalue weighted by Crippen LogP contribution is 2.61. The molecule has 158 valence electrons. The summed E-state index contributed by atoms with van der Waals surface area (Å²) in [6.07, 6.45) is 7.75. The van der Waals surface area contributed by atoms with Crippen molar-refractivity contribution in [3.8, 4) is 0 Å². The van der Waals surface area contributed by atoms with Crippen LogP contribution in [0.1, 0.15) is 45.4 Å². The maximum Gasteiger partial charge on any atom is 0.265 e. The van der Waals surface area contributed by atoms with Crippen molar-refractivity contribution >= 4 is 32.4 Å². The fourth-order valence-corrected chi connectivity index (χ4v) is 9.07. The second-order valence-corrected chi connectivity index (χ2v) is 12.0. The lowest BCUT2D eigenvalue weighted by atomic mass is 9.48. The molecule has 2 aromatic carbocycles. The summed E-state index contributed by atoms with van der Waals surface area (Å²) in [5.74, 6) is 2.26. The Balaban J connectivity index is 1.24. The number of amides is 1. The number of carbonyl (C=O) groups is 1. The summed E-state index contributed by atoms with van der Waals surface area (Å²) < 4.78 is 27.6. The number of benzene rings is 2. The van der Waals surface area contributed by atoms with Gasteiger partial charge in [0.2, 0.25) is 5.91 Å². The standard InChI is InChI=1S/C24H28N2O3S/c1-15(24-11-16-8-17(12-24)10-18(9-16)13-24)25-22(27)14-26-20-6-2-4-19-5-3-7-21(23(19)20)30(26,28)29/h2-7,15-18H,8-14H2,1H3,(H,25,27)/t15-,16?,17?,18?,24?/m1/s1. The number of anilines is 1. The molecule has 1 heterocycles. The molecule has 0 radical (unpaired) electrons. The molecule has 5 nitrogen and oxygen atoms in total. The smallest absolute Gasteiger partial charge is 0.265 e. The van der Waals surface area contributed by atoms with Gasteiger partial charge in [-0.25, -0.2) is 8.42 Å². The summed E-state index contributed by atoms with van der Waals surface area (Å²) in [5.41, 5.74) is 0.817. The number of nitrogens with zero attached hydrogens (tertiary/aromatic N) is 1. The van der Waals surface area contributed by atoms with Crippen molar-refractivity contribution < 1.29 is 13.2 Å². The molecule has 4 fully saturated rings. The predicted octanol–water partition coefficient (Wildman–Crippen LogP) is 4.07. The molecule has 4 bridgehead atoms. The van der Waals surface area contributed by atoms with Crippen molar-refractivity contribution in [2.45, 2.75) is 56.4 Å². The lowest BCUT2D eigenvalue weighted by Crippen LogP contribution is -2.56. The molecule has 0 aromatic heterocycles. The molecular weight excluding hydrogens is 396 g/mol. The Morgan fingerprint density at radius 3 is 2.30 bits per heavy atom. The third-order valence-corrected chi connectivity index (χ3v) is 10.2. The van der Waals surface area contributed by atoms with Crippen LogP contribution in [0.15, 0.2) is 41.3 Å². The second kappa shape index (κ2) is 6.22. The second-order valence-electron chi connectivity index (χ2n) is 10.2. The number of carbonyl (C=O) groups excluding carboxylic acids is 1. The van der Waals surface area contributed by atoms with Gasteiger partial charge in [0.25, 0.3) is 10.0 Å². The van der Waals surface area contributed by atoms with Gasteiger partial charge in [0.1, 0.15) is 6.54 Å². The summed E-state index contributed by atoms with van der Waals surface area (Å²) in [6, 6.07) is 11.0. The lowest BCUT2D eigenvalue weighted by Gasteiger charge is -2.59. The highest BCUT2D eigenvalue weighted by atomic mass is 32.2. The van der Waals surface area contributed by atoms with E-state index in [9.17, 15) is 13.2 Å². The third kappa shape index (κ3) is 2.58. The van der Waals surface area contributed by atoms with Gasteiger partial charge in [0, 0.05) is 11.4 Å². The van der Waals surface area contributed by atoms with E-state index in [0.29, 0.717) is 10.6 Å². The Bertz CT molecular complexity index is 1120. The molecule has 0 saturated heterocycles. The molecule has 1 amide bonds. The molecule has 1 aliphatic heterocycles.